The summed E-state index contributed by atoms with van der Waals surface area (Å²) in [6, 6.07) is 23.2. The number of hydrogen-bond acceptors (Lipinski definition) is 5. The highest BCUT2D eigenvalue weighted by molar-refractivity contribution is 5.92. The van der Waals surface area contributed by atoms with Crippen molar-refractivity contribution in [3.63, 3.8) is 0 Å². The van der Waals surface area contributed by atoms with Crippen LogP contribution < -0.4 is 9.47 Å². The van der Waals surface area contributed by atoms with Gasteiger partial charge in [0, 0.05) is 17.9 Å². The minimum atomic E-state index is -0.555. The summed E-state index contributed by atoms with van der Waals surface area (Å²) < 4.78 is 17.0. The fraction of sp³-hybridized carbons (Fsp3) is 0.296. The Kier molecular flexibility index (Phi) is 7.07. The summed E-state index contributed by atoms with van der Waals surface area (Å²) in [6.45, 7) is 2.99. The third kappa shape index (κ3) is 5.11. The van der Waals surface area contributed by atoms with Crippen LogP contribution in [0.4, 0.5) is 0 Å². The van der Waals surface area contributed by atoms with Crippen LogP contribution in [0.25, 0.3) is 0 Å². The topological polar surface area (TPSA) is 65.0 Å². The predicted octanol–water partition coefficient (Wildman–Crippen LogP) is 4.77. The van der Waals surface area contributed by atoms with Gasteiger partial charge in [-0.05, 0) is 42.7 Å². The second-order valence-corrected chi connectivity index (χ2v) is 7.89. The standard InChI is InChI=1S/C27H28O5/c1-2-30-27(29)23-10-6-7-11-24(23)31-15-14-20-12-13-22-25(17-20)32-18-21(26(22)28)16-19-8-4-3-5-9-19/h3-13,17,21,26,28H,2,14-16,18H2,1H3/t21-,26+/m0/s1. The third-order valence-corrected chi connectivity index (χ3v) is 5.67. The quantitative estimate of drug-likeness (QED) is 0.520. The van der Waals surface area contributed by atoms with Crippen LogP contribution in [0.2, 0.25) is 0 Å². The van der Waals surface area contributed by atoms with Gasteiger partial charge in [0.25, 0.3) is 0 Å². The molecule has 0 aliphatic carbocycles. The monoisotopic (exact) mass is 432 g/mol. The normalized spacial score (nSPS) is 17.2. The smallest absolute Gasteiger partial charge is 0.341 e. The summed E-state index contributed by atoms with van der Waals surface area (Å²) in [5.41, 5.74) is 3.50. The molecular formula is C27H28O5. The van der Waals surface area contributed by atoms with Crippen molar-refractivity contribution in [3.8, 4) is 11.5 Å². The molecule has 0 saturated heterocycles. The zero-order valence-electron chi connectivity index (χ0n) is 18.2. The molecule has 0 amide bonds. The lowest BCUT2D eigenvalue weighted by atomic mass is 9.87. The van der Waals surface area contributed by atoms with Crippen LogP contribution in [0, 0.1) is 5.92 Å². The zero-order chi connectivity index (χ0) is 22.3. The van der Waals surface area contributed by atoms with Crippen molar-refractivity contribution in [2.24, 2.45) is 5.92 Å². The molecule has 0 fully saturated rings. The number of fused-ring (bicyclic) bond motifs is 1. The van der Waals surface area contributed by atoms with E-state index in [-0.39, 0.29) is 11.9 Å². The number of aliphatic hydroxyl groups excluding tert-OH is 1. The number of benzene rings is 3. The molecule has 2 atom stereocenters. The van der Waals surface area contributed by atoms with E-state index in [9.17, 15) is 9.90 Å². The van der Waals surface area contributed by atoms with Gasteiger partial charge in [0.1, 0.15) is 17.1 Å². The van der Waals surface area contributed by atoms with Gasteiger partial charge in [-0.1, -0.05) is 54.6 Å². The van der Waals surface area contributed by atoms with Crippen molar-refractivity contribution < 1.29 is 24.1 Å². The molecule has 1 aliphatic heterocycles. The van der Waals surface area contributed by atoms with Crippen LogP contribution in [-0.4, -0.2) is 30.9 Å². The second-order valence-electron chi connectivity index (χ2n) is 7.89. The Hall–Kier alpha value is -3.31. The van der Waals surface area contributed by atoms with Crippen molar-refractivity contribution >= 4 is 5.97 Å². The van der Waals surface area contributed by atoms with Gasteiger partial charge in [-0.15, -0.1) is 0 Å². The molecule has 0 aromatic heterocycles. The summed E-state index contributed by atoms with van der Waals surface area (Å²) >= 11 is 0. The third-order valence-electron chi connectivity index (χ3n) is 5.67. The highest BCUT2D eigenvalue weighted by atomic mass is 16.5. The number of hydrogen-bond donors (Lipinski definition) is 1. The lowest BCUT2D eigenvalue weighted by molar-refractivity contribution is 0.0506. The average Bonchev–Trinajstić information content (AvgIpc) is 2.82. The maximum absolute atomic E-state index is 12.1. The summed E-state index contributed by atoms with van der Waals surface area (Å²) in [5.74, 6) is 0.883. The van der Waals surface area contributed by atoms with Crippen LogP contribution in [-0.2, 0) is 17.6 Å². The first-order valence-corrected chi connectivity index (χ1v) is 11.0. The van der Waals surface area contributed by atoms with Gasteiger partial charge in [-0.3, -0.25) is 0 Å². The lowest BCUT2D eigenvalue weighted by Crippen LogP contribution is -2.27. The molecule has 3 aromatic rings. The van der Waals surface area contributed by atoms with Crippen molar-refractivity contribution in [3.05, 3.63) is 95.1 Å². The fourth-order valence-electron chi connectivity index (χ4n) is 3.98. The molecule has 3 aromatic carbocycles. The Morgan fingerprint density at radius 3 is 2.62 bits per heavy atom. The van der Waals surface area contributed by atoms with E-state index < -0.39 is 6.10 Å². The summed E-state index contributed by atoms with van der Waals surface area (Å²) in [7, 11) is 0. The van der Waals surface area contributed by atoms with Gasteiger partial charge in [-0.2, -0.15) is 0 Å². The largest absolute Gasteiger partial charge is 0.493 e. The molecule has 1 heterocycles. The number of carbonyl (C=O) groups excluding carboxylic acids is 1. The van der Waals surface area contributed by atoms with E-state index in [1.54, 1.807) is 25.1 Å². The first-order chi connectivity index (χ1) is 15.7. The first kappa shape index (κ1) is 21.9. The SMILES string of the molecule is CCOC(=O)c1ccccc1OCCc1ccc2c(c1)OC[C@H](Cc1ccccc1)[C@H]2O. The number of esters is 1. The van der Waals surface area contributed by atoms with E-state index in [1.807, 2.05) is 42.5 Å². The highest BCUT2D eigenvalue weighted by Gasteiger charge is 2.29. The van der Waals surface area contributed by atoms with Crippen LogP contribution in [0.1, 0.15) is 40.1 Å². The molecule has 1 aliphatic rings. The van der Waals surface area contributed by atoms with Gasteiger partial charge in [0.05, 0.1) is 25.9 Å². The van der Waals surface area contributed by atoms with Crippen LogP contribution in [0.5, 0.6) is 11.5 Å². The Bertz CT molecular complexity index is 1050. The van der Waals surface area contributed by atoms with Crippen LogP contribution in [0.3, 0.4) is 0 Å². The lowest BCUT2D eigenvalue weighted by Gasteiger charge is -2.30. The summed E-state index contributed by atoms with van der Waals surface area (Å²) in [4.78, 5) is 12.1. The van der Waals surface area contributed by atoms with Crippen molar-refractivity contribution in [2.45, 2.75) is 25.9 Å². The number of aliphatic hydroxyl groups is 1. The van der Waals surface area contributed by atoms with Crippen LogP contribution in [0.15, 0.2) is 72.8 Å². The molecule has 0 bridgehead atoms. The van der Waals surface area contributed by atoms with Crippen LogP contribution >= 0.6 is 0 Å². The molecule has 1 N–H and O–H groups in total. The van der Waals surface area contributed by atoms with E-state index in [0.717, 1.165) is 23.3 Å². The van der Waals surface area contributed by atoms with E-state index >= 15 is 0 Å². The van der Waals surface area contributed by atoms with Gasteiger partial charge in [0.15, 0.2) is 0 Å². The van der Waals surface area contributed by atoms with Gasteiger partial charge >= 0.3 is 5.97 Å². The maximum atomic E-state index is 12.1. The number of para-hydroxylation sites is 1. The molecule has 4 rings (SSSR count). The van der Waals surface area contributed by atoms with Crippen molar-refractivity contribution in [2.75, 3.05) is 19.8 Å². The Balaban J connectivity index is 1.37. The molecule has 5 heteroatoms. The summed E-state index contributed by atoms with van der Waals surface area (Å²) in [5, 5.41) is 10.9. The molecule has 166 valence electrons. The molecule has 5 nitrogen and oxygen atoms in total. The molecule has 0 saturated carbocycles. The predicted molar refractivity (Wildman–Crippen MR) is 122 cm³/mol. The molecule has 0 spiro atoms. The van der Waals surface area contributed by atoms with E-state index in [2.05, 4.69) is 12.1 Å². The highest BCUT2D eigenvalue weighted by Crippen LogP contribution is 2.37. The zero-order valence-corrected chi connectivity index (χ0v) is 18.2. The maximum Gasteiger partial charge on any atom is 0.341 e. The van der Waals surface area contributed by atoms with E-state index in [4.69, 9.17) is 14.2 Å². The minimum absolute atomic E-state index is 0.0264. The summed E-state index contributed by atoms with van der Waals surface area (Å²) in [6.07, 6.45) is 0.870. The van der Waals surface area contributed by atoms with E-state index in [0.29, 0.717) is 37.6 Å². The minimum Gasteiger partial charge on any atom is -0.493 e. The molecule has 32 heavy (non-hydrogen) atoms. The Morgan fingerprint density at radius 2 is 1.81 bits per heavy atom. The average molecular weight is 433 g/mol. The Morgan fingerprint density at radius 1 is 1.03 bits per heavy atom. The Labute approximate surface area is 188 Å². The van der Waals surface area contributed by atoms with Gasteiger partial charge in [0.2, 0.25) is 0 Å². The number of rotatable bonds is 8. The molecule has 0 unspecified atom stereocenters. The molecular weight excluding hydrogens is 404 g/mol. The van der Waals surface area contributed by atoms with Crippen molar-refractivity contribution in [1.82, 2.24) is 0 Å². The number of carbonyl (C=O) groups is 1. The first-order valence-electron chi connectivity index (χ1n) is 11.0. The van der Waals surface area contributed by atoms with E-state index in [1.165, 1.54) is 5.56 Å². The molecule has 0 radical (unpaired) electrons. The second kappa shape index (κ2) is 10.3. The van der Waals surface area contributed by atoms with Crippen molar-refractivity contribution in [1.29, 1.82) is 0 Å². The van der Waals surface area contributed by atoms with Gasteiger partial charge < -0.3 is 19.3 Å². The fourth-order valence-corrected chi connectivity index (χ4v) is 3.98. The number of ether oxygens (including phenoxy) is 3. The van der Waals surface area contributed by atoms with Gasteiger partial charge in [-0.25, -0.2) is 4.79 Å².